The SMILES string of the molecule is CCOc1ccc(/C(O)=C2/C(=O)C(=O)N(c3cc(F)ccc3F)C2c2ccc(O)cc2)cc1C(C)C. The first-order chi connectivity index (χ1) is 17.1. The van der Waals surface area contributed by atoms with Crippen LogP contribution < -0.4 is 9.64 Å². The van der Waals surface area contributed by atoms with Gasteiger partial charge < -0.3 is 14.9 Å². The minimum atomic E-state index is -1.27. The Morgan fingerprint density at radius 3 is 2.36 bits per heavy atom. The first kappa shape index (κ1) is 24.9. The van der Waals surface area contributed by atoms with Gasteiger partial charge in [0.1, 0.15) is 28.9 Å². The normalized spacial score (nSPS) is 17.2. The molecule has 0 aromatic heterocycles. The van der Waals surface area contributed by atoms with Crippen molar-refractivity contribution in [2.24, 2.45) is 0 Å². The van der Waals surface area contributed by atoms with E-state index in [4.69, 9.17) is 4.74 Å². The van der Waals surface area contributed by atoms with Gasteiger partial charge in [-0.25, -0.2) is 8.78 Å². The molecule has 1 fully saturated rings. The van der Waals surface area contributed by atoms with Gasteiger partial charge in [-0.1, -0.05) is 26.0 Å². The molecule has 8 heteroatoms. The van der Waals surface area contributed by atoms with Crippen LogP contribution in [0.3, 0.4) is 0 Å². The molecule has 0 bridgehead atoms. The zero-order chi connectivity index (χ0) is 26.1. The fourth-order valence-electron chi connectivity index (χ4n) is 4.31. The Bertz CT molecular complexity index is 1360. The van der Waals surface area contributed by atoms with Crippen LogP contribution in [0.2, 0.25) is 0 Å². The number of Topliss-reactive ketones (excluding diaryl/α,β-unsaturated/α-hetero) is 1. The highest BCUT2D eigenvalue weighted by Crippen LogP contribution is 2.44. The van der Waals surface area contributed by atoms with Gasteiger partial charge in [-0.2, -0.15) is 0 Å². The van der Waals surface area contributed by atoms with Gasteiger partial charge in [0.25, 0.3) is 11.7 Å². The molecule has 6 nitrogen and oxygen atoms in total. The van der Waals surface area contributed by atoms with Crippen LogP contribution in [0.1, 0.15) is 49.4 Å². The van der Waals surface area contributed by atoms with Crippen molar-refractivity contribution in [2.75, 3.05) is 11.5 Å². The van der Waals surface area contributed by atoms with Gasteiger partial charge in [-0.15, -0.1) is 0 Å². The molecule has 0 aliphatic carbocycles. The van der Waals surface area contributed by atoms with E-state index in [0.717, 1.165) is 28.7 Å². The summed E-state index contributed by atoms with van der Waals surface area (Å²) in [7, 11) is 0. The zero-order valence-corrected chi connectivity index (χ0v) is 20.0. The summed E-state index contributed by atoms with van der Waals surface area (Å²) in [6.07, 6.45) is 0. The Morgan fingerprint density at radius 2 is 1.72 bits per heavy atom. The summed E-state index contributed by atoms with van der Waals surface area (Å²) in [5.74, 6) is -3.76. The molecule has 3 aromatic carbocycles. The summed E-state index contributed by atoms with van der Waals surface area (Å²) in [6, 6.07) is 11.8. The maximum absolute atomic E-state index is 14.8. The average molecular weight is 494 g/mol. The number of hydrogen-bond donors (Lipinski definition) is 2. The highest BCUT2D eigenvalue weighted by Gasteiger charge is 2.47. The van der Waals surface area contributed by atoms with Crippen LogP contribution >= 0.6 is 0 Å². The van der Waals surface area contributed by atoms with Crippen LogP contribution in [-0.4, -0.2) is 28.5 Å². The molecule has 3 aromatic rings. The number of rotatable bonds is 6. The highest BCUT2D eigenvalue weighted by molar-refractivity contribution is 6.51. The number of phenols is 1. The molecule has 1 unspecified atom stereocenters. The Hall–Kier alpha value is -4.20. The van der Waals surface area contributed by atoms with E-state index in [1.807, 2.05) is 20.8 Å². The Labute approximate surface area is 207 Å². The molecule has 186 valence electrons. The quantitative estimate of drug-likeness (QED) is 0.257. The lowest BCUT2D eigenvalue weighted by Crippen LogP contribution is -2.30. The summed E-state index contributed by atoms with van der Waals surface area (Å²) in [6.45, 7) is 6.19. The van der Waals surface area contributed by atoms with Crippen molar-refractivity contribution in [1.29, 1.82) is 0 Å². The van der Waals surface area contributed by atoms with Crippen molar-refractivity contribution in [3.63, 3.8) is 0 Å². The van der Waals surface area contributed by atoms with Gasteiger partial charge in [0.2, 0.25) is 0 Å². The number of amides is 1. The second-order valence-electron chi connectivity index (χ2n) is 8.70. The molecule has 0 spiro atoms. The van der Waals surface area contributed by atoms with Gasteiger partial charge in [-0.05, 0) is 66.4 Å². The molecular formula is C28H25F2NO5. The molecule has 4 rings (SSSR count). The fourth-order valence-corrected chi connectivity index (χ4v) is 4.31. The van der Waals surface area contributed by atoms with Crippen molar-refractivity contribution in [3.05, 3.63) is 94.6 Å². The predicted octanol–water partition coefficient (Wildman–Crippen LogP) is 5.82. The number of halogens is 2. The first-order valence-electron chi connectivity index (χ1n) is 11.5. The maximum atomic E-state index is 14.8. The molecule has 2 N–H and O–H groups in total. The number of carbonyl (C=O) groups is 2. The van der Waals surface area contributed by atoms with Crippen LogP contribution in [0.25, 0.3) is 5.76 Å². The number of aliphatic hydroxyl groups is 1. The van der Waals surface area contributed by atoms with Crippen LogP contribution in [0.15, 0.2) is 66.2 Å². The number of carbonyl (C=O) groups excluding carboxylic acids is 2. The van der Waals surface area contributed by atoms with E-state index in [-0.39, 0.29) is 22.8 Å². The second-order valence-corrected chi connectivity index (χ2v) is 8.70. The Morgan fingerprint density at radius 1 is 1.03 bits per heavy atom. The molecule has 0 saturated carbocycles. The molecule has 1 heterocycles. The van der Waals surface area contributed by atoms with E-state index in [1.54, 1.807) is 18.2 Å². The monoisotopic (exact) mass is 493 g/mol. The van der Waals surface area contributed by atoms with E-state index >= 15 is 0 Å². The van der Waals surface area contributed by atoms with Crippen molar-refractivity contribution in [1.82, 2.24) is 0 Å². The van der Waals surface area contributed by atoms with Crippen LogP contribution in [0, 0.1) is 11.6 Å². The molecule has 1 aliphatic heterocycles. The lowest BCUT2D eigenvalue weighted by molar-refractivity contribution is -0.132. The summed E-state index contributed by atoms with van der Waals surface area (Å²) in [5.41, 5.74) is 0.639. The lowest BCUT2D eigenvalue weighted by atomic mass is 9.93. The third-order valence-electron chi connectivity index (χ3n) is 6.03. The van der Waals surface area contributed by atoms with Gasteiger partial charge in [-0.3, -0.25) is 14.5 Å². The fraction of sp³-hybridized carbons (Fsp3) is 0.214. The number of nitrogens with zero attached hydrogens (tertiary/aromatic N) is 1. The summed E-state index contributed by atoms with van der Waals surface area (Å²) in [5, 5.41) is 21.1. The Balaban J connectivity index is 1.96. The van der Waals surface area contributed by atoms with Gasteiger partial charge in [0, 0.05) is 11.6 Å². The van der Waals surface area contributed by atoms with E-state index < -0.39 is 40.8 Å². The van der Waals surface area contributed by atoms with Gasteiger partial charge in [0.05, 0.1) is 23.9 Å². The first-order valence-corrected chi connectivity index (χ1v) is 11.5. The van der Waals surface area contributed by atoms with E-state index in [0.29, 0.717) is 17.9 Å². The summed E-state index contributed by atoms with van der Waals surface area (Å²) in [4.78, 5) is 27.2. The number of ether oxygens (including phenoxy) is 1. The third-order valence-corrected chi connectivity index (χ3v) is 6.03. The topological polar surface area (TPSA) is 87.1 Å². The smallest absolute Gasteiger partial charge is 0.300 e. The van der Waals surface area contributed by atoms with Crippen LogP contribution in [0.5, 0.6) is 11.5 Å². The molecule has 1 aliphatic rings. The van der Waals surface area contributed by atoms with Crippen molar-refractivity contribution in [2.45, 2.75) is 32.7 Å². The second kappa shape index (κ2) is 9.81. The lowest BCUT2D eigenvalue weighted by Gasteiger charge is -2.26. The standard InChI is InChI=1S/C28H25F2NO5/c1-4-36-23-12-7-17(13-20(23)15(2)3)26(33)24-25(16-5-9-19(32)10-6-16)31(28(35)27(24)34)22-14-18(29)8-11-21(22)30/h5-15,25,32-33H,4H2,1-3H3/b26-24-. The number of aromatic hydroxyl groups is 1. The van der Waals surface area contributed by atoms with Crippen molar-refractivity contribution < 1.29 is 33.3 Å². The number of aliphatic hydroxyl groups excluding tert-OH is 1. The highest BCUT2D eigenvalue weighted by atomic mass is 19.1. The van der Waals surface area contributed by atoms with Crippen LogP contribution in [0.4, 0.5) is 14.5 Å². The van der Waals surface area contributed by atoms with Gasteiger partial charge in [0.15, 0.2) is 0 Å². The van der Waals surface area contributed by atoms with Crippen molar-refractivity contribution in [3.8, 4) is 11.5 Å². The molecule has 1 saturated heterocycles. The number of hydrogen-bond acceptors (Lipinski definition) is 5. The summed E-state index contributed by atoms with van der Waals surface area (Å²) < 4.78 is 34.5. The summed E-state index contributed by atoms with van der Waals surface area (Å²) >= 11 is 0. The minimum Gasteiger partial charge on any atom is -0.508 e. The number of ketones is 1. The largest absolute Gasteiger partial charge is 0.508 e. The number of anilines is 1. The number of benzene rings is 3. The van der Waals surface area contributed by atoms with E-state index in [1.165, 1.54) is 24.3 Å². The number of phenolic OH excluding ortho intramolecular Hbond substituents is 1. The van der Waals surface area contributed by atoms with Crippen molar-refractivity contribution >= 4 is 23.1 Å². The average Bonchev–Trinajstić information content (AvgIpc) is 3.11. The Kier molecular flexibility index (Phi) is 6.79. The molecular weight excluding hydrogens is 468 g/mol. The maximum Gasteiger partial charge on any atom is 0.300 e. The molecule has 1 amide bonds. The zero-order valence-electron chi connectivity index (χ0n) is 20.0. The van der Waals surface area contributed by atoms with E-state index in [9.17, 15) is 28.6 Å². The van der Waals surface area contributed by atoms with Gasteiger partial charge >= 0.3 is 0 Å². The van der Waals surface area contributed by atoms with E-state index in [2.05, 4.69) is 0 Å². The third kappa shape index (κ3) is 4.42. The minimum absolute atomic E-state index is 0.0241. The van der Waals surface area contributed by atoms with Crippen LogP contribution in [-0.2, 0) is 9.59 Å². The molecule has 36 heavy (non-hydrogen) atoms. The molecule has 1 atom stereocenters. The predicted molar refractivity (Wildman–Crippen MR) is 131 cm³/mol. The molecule has 0 radical (unpaired) electrons.